The lowest BCUT2D eigenvalue weighted by Gasteiger charge is -2.37. The molecule has 0 spiro atoms. The molecule has 3 aliphatic rings. The minimum Gasteiger partial charge on any atom is -0.462 e. The number of ether oxygens (including phenoxy) is 3. The number of esters is 1. The van der Waals surface area contributed by atoms with Gasteiger partial charge in [0.15, 0.2) is 17.3 Å². The van der Waals surface area contributed by atoms with E-state index in [1.165, 1.54) is 0 Å². The second-order valence-electron chi connectivity index (χ2n) is 10.2. The molecular formula is C32H27BrClNO5. The maximum absolute atomic E-state index is 13.9. The van der Waals surface area contributed by atoms with Gasteiger partial charge in [-0.05, 0) is 60.2 Å². The van der Waals surface area contributed by atoms with Crippen LogP contribution >= 0.6 is 27.5 Å². The van der Waals surface area contributed by atoms with E-state index in [1.807, 2.05) is 73.7 Å². The molecule has 8 heteroatoms. The van der Waals surface area contributed by atoms with E-state index in [1.54, 1.807) is 0 Å². The number of rotatable bonds is 6. The predicted molar refractivity (Wildman–Crippen MR) is 155 cm³/mol. The number of ketones is 1. The molecule has 6 nitrogen and oxygen atoms in total. The molecule has 1 aliphatic carbocycles. The van der Waals surface area contributed by atoms with Crippen LogP contribution in [0.5, 0.6) is 11.5 Å². The topological polar surface area (TPSA) is 73.9 Å². The van der Waals surface area contributed by atoms with E-state index in [2.05, 4.69) is 21.2 Å². The van der Waals surface area contributed by atoms with Crippen LogP contribution in [-0.4, -0.2) is 25.2 Å². The van der Waals surface area contributed by atoms with Crippen molar-refractivity contribution in [3.05, 3.63) is 115 Å². The van der Waals surface area contributed by atoms with Crippen molar-refractivity contribution in [2.45, 2.75) is 38.0 Å². The molecule has 40 heavy (non-hydrogen) atoms. The summed E-state index contributed by atoms with van der Waals surface area (Å²) in [5, 5.41) is 4.07. The number of benzene rings is 3. The number of carbonyl (C=O) groups is 2. The zero-order chi connectivity index (χ0) is 27.8. The molecule has 0 saturated heterocycles. The fraction of sp³-hybridized carbons (Fsp3) is 0.250. The predicted octanol–water partition coefficient (Wildman–Crippen LogP) is 6.98. The summed E-state index contributed by atoms with van der Waals surface area (Å²) in [7, 11) is 0. The highest BCUT2D eigenvalue weighted by Crippen LogP contribution is 2.49. The quantitative estimate of drug-likeness (QED) is 0.300. The zero-order valence-electron chi connectivity index (χ0n) is 21.8. The van der Waals surface area contributed by atoms with Crippen LogP contribution in [-0.2, 0) is 20.7 Å². The molecule has 0 saturated carbocycles. The first-order valence-corrected chi connectivity index (χ1v) is 14.4. The average Bonchev–Trinajstić information content (AvgIpc) is 3.40. The van der Waals surface area contributed by atoms with Crippen molar-refractivity contribution < 1.29 is 23.8 Å². The summed E-state index contributed by atoms with van der Waals surface area (Å²) in [5.74, 6) is 0.118. The Labute approximate surface area is 246 Å². The van der Waals surface area contributed by atoms with Crippen LogP contribution in [0.1, 0.15) is 48.3 Å². The molecule has 3 aromatic rings. The maximum atomic E-state index is 13.9. The van der Waals surface area contributed by atoms with E-state index < -0.39 is 11.9 Å². The highest BCUT2D eigenvalue weighted by atomic mass is 79.9. The first-order chi connectivity index (χ1) is 19.4. The number of Topliss-reactive ketones (excluding diaryl/α,β-unsaturated/α-hetero) is 1. The van der Waals surface area contributed by atoms with Gasteiger partial charge in [-0.1, -0.05) is 70.0 Å². The van der Waals surface area contributed by atoms with Crippen LogP contribution in [0.4, 0.5) is 0 Å². The largest absolute Gasteiger partial charge is 0.462 e. The van der Waals surface area contributed by atoms with Gasteiger partial charge < -0.3 is 19.5 Å². The lowest BCUT2D eigenvalue weighted by Crippen LogP contribution is -2.36. The molecular weight excluding hydrogens is 594 g/mol. The van der Waals surface area contributed by atoms with E-state index in [0.29, 0.717) is 52.6 Å². The number of allylic oxidation sites excluding steroid dienone is 3. The van der Waals surface area contributed by atoms with Crippen molar-refractivity contribution in [2.24, 2.45) is 0 Å². The molecule has 2 atom stereocenters. The van der Waals surface area contributed by atoms with Gasteiger partial charge in [0.1, 0.15) is 0 Å². The zero-order valence-corrected chi connectivity index (χ0v) is 24.2. The Morgan fingerprint density at radius 1 is 1.05 bits per heavy atom. The number of hydrogen-bond acceptors (Lipinski definition) is 6. The highest BCUT2D eigenvalue weighted by Gasteiger charge is 2.42. The molecule has 0 amide bonds. The van der Waals surface area contributed by atoms with Gasteiger partial charge in [-0.3, -0.25) is 4.79 Å². The third-order valence-corrected chi connectivity index (χ3v) is 8.60. The first kappa shape index (κ1) is 26.7. The molecule has 0 aromatic heterocycles. The smallest absolute Gasteiger partial charge is 0.336 e. The molecule has 0 bridgehead atoms. The maximum Gasteiger partial charge on any atom is 0.336 e. The molecule has 3 aromatic carbocycles. The molecule has 0 radical (unpaired) electrons. The number of carbonyl (C=O) groups excluding carboxylic acids is 2. The Morgan fingerprint density at radius 3 is 2.52 bits per heavy atom. The fourth-order valence-corrected chi connectivity index (χ4v) is 6.41. The standard InChI is InChI=1S/C32H27BrClNO5/c1-18-29(32(37)38-12-11-19-5-3-2-4-6-19)30(23-15-27-28(16-24(23)33)40-17-39-27)31-25(35-18)13-21(14-26(31)36)20-7-9-22(34)10-8-20/h2-10,15-16,21,30,35H,11-14,17H2,1H3/t21-,30+/m0/s1. The molecule has 0 unspecified atom stereocenters. The van der Waals surface area contributed by atoms with Crippen LogP contribution in [0.25, 0.3) is 0 Å². The molecule has 2 aliphatic heterocycles. The van der Waals surface area contributed by atoms with Crippen LogP contribution < -0.4 is 14.8 Å². The minimum atomic E-state index is -0.622. The monoisotopic (exact) mass is 619 g/mol. The van der Waals surface area contributed by atoms with Gasteiger partial charge in [0.05, 0.1) is 12.2 Å². The minimum absolute atomic E-state index is 0.00374. The molecule has 0 fully saturated rings. The Hall–Kier alpha value is -3.55. The lowest BCUT2D eigenvalue weighted by atomic mass is 9.71. The van der Waals surface area contributed by atoms with Crippen molar-refractivity contribution in [1.82, 2.24) is 5.32 Å². The van der Waals surface area contributed by atoms with Gasteiger partial charge in [-0.15, -0.1) is 0 Å². The third-order valence-electron chi connectivity index (χ3n) is 7.66. The van der Waals surface area contributed by atoms with Crippen molar-refractivity contribution in [1.29, 1.82) is 0 Å². The van der Waals surface area contributed by atoms with Gasteiger partial charge >= 0.3 is 5.97 Å². The molecule has 1 N–H and O–H groups in total. The molecule has 204 valence electrons. The van der Waals surface area contributed by atoms with Crippen LogP contribution in [0.3, 0.4) is 0 Å². The van der Waals surface area contributed by atoms with Crippen molar-refractivity contribution in [2.75, 3.05) is 13.4 Å². The van der Waals surface area contributed by atoms with Crippen molar-refractivity contribution in [3.8, 4) is 11.5 Å². The van der Waals surface area contributed by atoms with Crippen molar-refractivity contribution >= 4 is 39.3 Å². The molecule has 6 rings (SSSR count). The number of dihydropyridines is 1. The van der Waals surface area contributed by atoms with E-state index in [9.17, 15) is 9.59 Å². The van der Waals surface area contributed by atoms with Gasteiger partial charge in [0.2, 0.25) is 6.79 Å². The summed E-state index contributed by atoms with van der Waals surface area (Å²) in [4.78, 5) is 27.6. The highest BCUT2D eigenvalue weighted by molar-refractivity contribution is 9.10. The van der Waals surface area contributed by atoms with Gasteiger partial charge in [0, 0.05) is 45.2 Å². The Balaban J connectivity index is 1.36. The van der Waals surface area contributed by atoms with Gasteiger partial charge in [-0.25, -0.2) is 4.79 Å². The summed E-state index contributed by atoms with van der Waals surface area (Å²) in [6.07, 6.45) is 1.56. The van der Waals surface area contributed by atoms with Gasteiger partial charge in [-0.2, -0.15) is 0 Å². The van der Waals surface area contributed by atoms with E-state index in [-0.39, 0.29) is 25.1 Å². The normalized spacial score (nSPS) is 19.8. The summed E-state index contributed by atoms with van der Waals surface area (Å²) >= 11 is 9.79. The van der Waals surface area contributed by atoms with E-state index >= 15 is 0 Å². The van der Waals surface area contributed by atoms with Crippen LogP contribution in [0.15, 0.2) is 93.7 Å². The second-order valence-corrected chi connectivity index (χ2v) is 11.5. The summed E-state index contributed by atoms with van der Waals surface area (Å²) < 4.78 is 17.8. The Kier molecular flexibility index (Phi) is 7.43. The van der Waals surface area contributed by atoms with Crippen LogP contribution in [0, 0.1) is 0 Å². The first-order valence-electron chi connectivity index (χ1n) is 13.2. The van der Waals surface area contributed by atoms with Crippen molar-refractivity contribution in [3.63, 3.8) is 0 Å². The van der Waals surface area contributed by atoms with Gasteiger partial charge in [0.25, 0.3) is 0 Å². The molecule has 2 heterocycles. The number of nitrogens with one attached hydrogen (secondary N) is 1. The van der Waals surface area contributed by atoms with E-state index in [0.717, 1.165) is 26.9 Å². The third kappa shape index (κ3) is 5.16. The lowest BCUT2D eigenvalue weighted by molar-refractivity contribution is -0.139. The summed E-state index contributed by atoms with van der Waals surface area (Å²) in [6, 6.07) is 21.2. The summed E-state index contributed by atoms with van der Waals surface area (Å²) in [6.45, 7) is 2.21. The number of fused-ring (bicyclic) bond motifs is 1. The Bertz CT molecular complexity index is 1550. The fourth-order valence-electron chi connectivity index (χ4n) is 5.73. The second kappa shape index (κ2) is 11.1. The number of halogens is 2. The Morgan fingerprint density at radius 2 is 1.77 bits per heavy atom. The average molecular weight is 621 g/mol. The SMILES string of the molecule is CC1=C(C(=O)OCCc2ccccc2)[C@@H](c2cc3c(cc2Br)OCO3)C2=C(C[C@H](c3ccc(Cl)cc3)CC2=O)N1. The van der Waals surface area contributed by atoms with Crippen LogP contribution in [0.2, 0.25) is 5.02 Å². The number of hydrogen-bond donors (Lipinski definition) is 1. The summed E-state index contributed by atoms with van der Waals surface area (Å²) in [5.41, 5.74) is 5.39. The van der Waals surface area contributed by atoms with E-state index in [4.69, 9.17) is 25.8 Å².